The summed E-state index contributed by atoms with van der Waals surface area (Å²) in [5.41, 5.74) is -0.730. The van der Waals surface area contributed by atoms with Gasteiger partial charge in [-0.25, -0.2) is 0 Å². The van der Waals surface area contributed by atoms with Crippen LogP contribution in [0.5, 0.6) is 0 Å². The summed E-state index contributed by atoms with van der Waals surface area (Å²) >= 11 is 0. The SMILES string of the molecule is CCOC(=O)CCC(CC)P(=O)(O)O. The summed E-state index contributed by atoms with van der Waals surface area (Å²) < 4.78 is 15.5. The molecule has 6 heteroatoms. The first-order valence-electron chi connectivity index (χ1n) is 4.62. The number of ether oxygens (including phenoxy) is 1. The molecule has 0 aliphatic heterocycles. The highest BCUT2D eigenvalue weighted by Crippen LogP contribution is 2.44. The van der Waals surface area contributed by atoms with Gasteiger partial charge in [0.2, 0.25) is 0 Å². The smallest absolute Gasteiger partial charge is 0.328 e. The summed E-state index contributed by atoms with van der Waals surface area (Å²) in [6.07, 6.45) is 0.612. The van der Waals surface area contributed by atoms with E-state index in [1.165, 1.54) is 0 Å². The Morgan fingerprint density at radius 3 is 2.36 bits per heavy atom. The van der Waals surface area contributed by atoms with Crippen molar-refractivity contribution in [1.29, 1.82) is 0 Å². The highest BCUT2D eigenvalue weighted by atomic mass is 31.2. The van der Waals surface area contributed by atoms with Gasteiger partial charge in [0.15, 0.2) is 0 Å². The van der Waals surface area contributed by atoms with E-state index < -0.39 is 19.2 Å². The van der Waals surface area contributed by atoms with Gasteiger partial charge in [-0.2, -0.15) is 0 Å². The molecule has 0 radical (unpaired) electrons. The fourth-order valence-corrected chi connectivity index (χ4v) is 2.07. The van der Waals surface area contributed by atoms with E-state index in [0.717, 1.165) is 0 Å². The van der Waals surface area contributed by atoms with E-state index in [1.54, 1.807) is 13.8 Å². The molecule has 0 saturated carbocycles. The third kappa shape index (κ3) is 5.37. The topological polar surface area (TPSA) is 83.8 Å². The van der Waals surface area contributed by atoms with E-state index in [4.69, 9.17) is 9.79 Å². The first-order valence-corrected chi connectivity index (χ1v) is 6.30. The van der Waals surface area contributed by atoms with E-state index in [1.807, 2.05) is 0 Å². The molecule has 14 heavy (non-hydrogen) atoms. The van der Waals surface area contributed by atoms with Gasteiger partial charge in [-0.15, -0.1) is 0 Å². The van der Waals surface area contributed by atoms with Crippen LogP contribution in [0, 0.1) is 0 Å². The molecule has 0 aromatic carbocycles. The zero-order valence-corrected chi connectivity index (χ0v) is 9.37. The number of carbonyl (C=O) groups excluding carboxylic acids is 1. The first-order chi connectivity index (χ1) is 6.41. The number of carbonyl (C=O) groups is 1. The molecule has 0 saturated heterocycles. The van der Waals surface area contributed by atoms with E-state index in [-0.39, 0.29) is 12.8 Å². The minimum absolute atomic E-state index is 0.0669. The molecule has 0 heterocycles. The van der Waals surface area contributed by atoms with Crippen molar-refractivity contribution in [2.45, 2.75) is 38.8 Å². The van der Waals surface area contributed by atoms with Crippen molar-refractivity contribution in [2.24, 2.45) is 0 Å². The van der Waals surface area contributed by atoms with Crippen LogP contribution in [0.25, 0.3) is 0 Å². The van der Waals surface area contributed by atoms with Crippen molar-refractivity contribution in [1.82, 2.24) is 0 Å². The molecule has 0 aromatic heterocycles. The van der Waals surface area contributed by atoms with Gasteiger partial charge in [-0.3, -0.25) is 9.36 Å². The second kappa shape index (κ2) is 6.17. The molecule has 0 aliphatic carbocycles. The van der Waals surface area contributed by atoms with Crippen molar-refractivity contribution in [3.63, 3.8) is 0 Å². The van der Waals surface area contributed by atoms with Gasteiger partial charge in [-0.05, 0) is 19.8 Å². The number of hydrogen-bond acceptors (Lipinski definition) is 3. The highest BCUT2D eigenvalue weighted by molar-refractivity contribution is 7.52. The van der Waals surface area contributed by atoms with E-state index in [2.05, 4.69) is 4.74 Å². The molecule has 5 nitrogen and oxygen atoms in total. The van der Waals surface area contributed by atoms with Crippen molar-refractivity contribution >= 4 is 13.6 Å². The lowest BCUT2D eigenvalue weighted by Crippen LogP contribution is -2.11. The molecule has 1 atom stereocenters. The van der Waals surface area contributed by atoms with Crippen LogP contribution in [0.3, 0.4) is 0 Å². The Bertz CT molecular complexity index is 222. The number of rotatable bonds is 6. The van der Waals surface area contributed by atoms with E-state index >= 15 is 0 Å². The van der Waals surface area contributed by atoms with Gasteiger partial charge in [0, 0.05) is 6.42 Å². The van der Waals surface area contributed by atoms with Crippen molar-refractivity contribution < 1.29 is 23.9 Å². The third-order valence-electron chi connectivity index (χ3n) is 1.93. The summed E-state index contributed by atoms with van der Waals surface area (Å²) in [5.74, 6) is -0.403. The van der Waals surface area contributed by atoms with Crippen molar-refractivity contribution in [3.8, 4) is 0 Å². The minimum Gasteiger partial charge on any atom is -0.466 e. The van der Waals surface area contributed by atoms with Gasteiger partial charge in [-0.1, -0.05) is 6.92 Å². The monoisotopic (exact) mass is 224 g/mol. The molecule has 0 aliphatic rings. The van der Waals surface area contributed by atoms with Gasteiger partial charge < -0.3 is 14.5 Å². The predicted molar refractivity (Wildman–Crippen MR) is 52.0 cm³/mol. The van der Waals surface area contributed by atoms with Crippen LogP contribution in [-0.2, 0) is 14.1 Å². The highest BCUT2D eigenvalue weighted by Gasteiger charge is 2.27. The van der Waals surface area contributed by atoms with Crippen LogP contribution in [0.1, 0.15) is 33.1 Å². The Kier molecular flexibility index (Phi) is 6.00. The lowest BCUT2D eigenvalue weighted by atomic mass is 10.2. The standard InChI is InChI=1S/C8H17O5P/c1-3-7(14(10,11)12)5-6-8(9)13-4-2/h7H,3-6H2,1-2H3,(H2,10,11,12). The fraction of sp³-hybridized carbons (Fsp3) is 0.875. The molecule has 1 unspecified atom stereocenters. The van der Waals surface area contributed by atoms with Crippen LogP contribution in [0.2, 0.25) is 0 Å². The average molecular weight is 224 g/mol. The van der Waals surface area contributed by atoms with Gasteiger partial charge in [0.25, 0.3) is 0 Å². The molecular weight excluding hydrogens is 207 g/mol. The Morgan fingerprint density at radius 2 is 2.00 bits per heavy atom. The lowest BCUT2D eigenvalue weighted by Gasteiger charge is -2.15. The fourth-order valence-electron chi connectivity index (χ4n) is 1.13. The van der Waals surface area contributed by atoms with E-state index in [9.17, 15) is 9.36 Å². The van der Waals surface area contributed by atoms with Crippen molar-refractivity contribution in [3.05, 3.63) is 0 Å². The summed E-state index contributed by atoms with van der Waals surface area (Å²) in [4.78, 5) is 28.7. The Hall–Kier alpha value is -0.380. The molecule has 2 N–H and O–H groups in total. The molecule has 0 rings (SSSR count). The molecule has 0 aromatic rings. The van der Waals surface area contributed by atoms with Crippen LogP contribution < -0.4 is 0 Å². The quantitative estimate of drug-likeness (QED) is 0.524. The normalized spacial score (nSPS) is 13.7. The van der Waals surface area contributed by atoms with Crippen molar-refractivity contribution in [2.75, 3.05) is 6.61 Å². The zero-order valence-electron chi connectivity index (χ0n) is 8.47. The molecule has 84 valence electrons. The van der Waals surface area contributed by atoms with E-state index in [0.29, 0.717) is 13.0 Å². The maximum Gasteiger partial charge on any atom is 0.328 e. The molecule has 0 bridgehead atoms. The van der Waals surface area contributed by atoms with Crippen LogP contribution >= 0.6 is 7.60 Å². The molecule has 0 amide bonds. The van der Waals surface area contributed by atoms with Gasteiger partial charge >= 0.3 is 13.6 Å². The van der Waals surface area contributed by atoms with Crippen LogP contribution in [0.15, 0.2) is 0 Å². The lowest BCUT2D eigenvalue weighted by molar-refractivity contribution is -0.143. The zero-order chi connectivity index (χ0) is 11.2. The maximum absolute atomic E-state index is 10.9. The third-order valence-corrected chi connectivity index (χ3v) is 3.51. The van der Waals surface area contributed by atoms with Crippen LogP contribution in [0.4, 0.5) is 0 Å². The maximum atomic E-state index is 10.9. The summed E-state index contributed by atoms with van der Waals surface area (Å²) in [5, 5.41) is 0. The predicted octanol–water partition coefficient (Wildman–Crippen LogP) is 1.29. The summed E-state index contributed by atoms with van der Waals surface area (Å²) in [6.45, 7) is 3.68. The molecule has 0 spiro atoms. The average Bonchev–Trinajstić information content (AvgIpc) is 2.03. The summed E-state index contributed by atoms with van der Waals surface area (Å²) in [7, 11) is -4.06. The Labute approximate surface area is 83.6 Å². The molecule has 0 fully saturated rings. The van der Waals surface area contributed by atoms with Gasteiger partial charge in [0.05, 0.1) is 12.3 Å². The first kappa shape index (κ1) is 13.6. The van der Waals surface area contributed by atoms with Gasteiger partial charge in [0.1, 0.15) is 0 Å². The minimum atomic E-state index is -4.06. The second-order valence-electron chi connectivity index (χ2n) is 2.99. The number of esters is 1. The largest absolute Gasteiger partial charge is 0.466 e. The number of hydrogen-bond donors (Lipinski definition) is 2. The second-order valence-corrected chi connectivity index (χ2v) is 4.90. The summed E-state index contributed by atoms with van der Waals surface area (Å²) in [6, 6.07) is 0. The van der Waals surface area contributed by atoms with Crippen LogP contribution in [-0.4, -0.2) is 28.0 Å². The Balaban J connectivity index is 3.97. The Morgan fingerprint density at radius 1 is 1.43 bits per heavy atom. The molecular formula is C8H17O5P.